The number of anilines is 1. The lowest BCUT2D eigenvalue weighted by atomic mass is 10.0. The number of phenols is 1. The fourth-order valence-corrected chi connectivity index (χ4v) is 3.86. The van der Waals surface area contributed by atoms with E-state index < -0.39 is 0 Å². The van der Waals surface area contributed by atoms with Gasteiger partial charge in [-0.25, -0.2) is 4.79 Å². The zero-order chi connectivity index (χ0) is 21.3. The maximum atomic E-state index is 12.4. The van der Waals surface area contributed by atoms with Crippen molar-refractivity contribution in [3.8, 4) is 5.75 Å². The summed E-state index contributed by atoms with van der Waals surface area (Å²) >= 11 is 0. The first-order valence-corrected chi connectivity index (χ1v) is 9.81. The largest absolute Gasteiger partial charge is 0.508 e. The number of rotatable bonds is 4. The number of phenolic OH excluding ortho intramolecular Hbond substituents is 1. The summed E-state index contributed by atoms with van der Waals surface area (Å²) in [5, 5.41) is 17.7. The van der Waals surface area contributed by atoms with Crippen LogP contribution in [0.15, 0.2) is 61.3 Å². The second-order valence-electron chi connectivity index (χ2n) is 7.57. The SMILES string of the molecule is C=C1CCC(N2Cc3cc(CNC(=O)Nc4ccc(O)cc4)ccc3C2=C)C(=O)N1. The highest BCUT2D eigenvalue weighted by molar-refractivity contribution is 5.89. The summed E-state index contributed by atoms with van der Waals surface area (Å²) in [7, 11) is 0. The van der Waals surface area contributed by atoms with Crippen molar-refractivity contribution < 1.29 is 14.7 Å². The quantitative estimate of drug-likeness (QED) is 0.588. The average Bonchev–Trinajstić information content (AvgIpc) is 3.04. The zero-order valence-corrected chi connectivity index (χ0v) is 16.6. The molecule has 4 rings (SSSR count). The van der Waals surface area contributed by atoms with Crippen LogP contribution in [0, 0.1) is 0 Å². The molecule has 1 atom stereocenters. The molecule has 2 heterocycles. The molecule has 0 saturated carbocycles. The number of nitrogens with one attached hydrogen (secondary N) is 3. The van der Waals surface area contributed by atoms with Crippen molar-refractivity contribution in [2.24, 2.45) is 0 Å². The van der Waals surface area contributed by atoms with E-state index in [0.29, 0.717) is 18.8 Å². The van der Waals surface area contributed by atoms with E-state index in [0.717, 1.165) is 40.9 Å². The molecule has 2 aromatic rings. The van der Waals surface area contributed by atoms with Gasteiger partial charge >= 0.3 is 6.03 Å². The monoisotopic (exact) mass is 404 g/mol. The molecule has 0 spiro atoms. The first-order chi connectivity index (χ1) is 14.4. The van der Waals surface area contributed by atoms with Gasteiger partial charge in [0.1, 0.15) is 11.8 Å². The average molecular weight is 404 g/mol. The third-order valence-electron chi connectivity index (χ3n) is 5.44. The Hall–Kier alpha value is -3.74. The van der Waals surface area contributed by atoms with Gasteiger partial charge in [0.25, 0.3) is 0 Å². The van der Waals surface area contributed by atoms with Crippen LogP contribution in [0.5, 0.6) is 5.75 Å². The van der Waals surface area contributed by atoms with Crippen molar-refractivity contribution in [1.82, 2.24) is 15.5 Å². The lowest BCUT2D eigenvalue weighted by Gasteiger charge is -2.33. The number of fused-ring (bicyclic) bond motifs is 1. The number of carbonyl (C=O) groups is 2. The van der Waals surface area contributed by atoms with Crippen molar-refractivity contribution in [3.63, 3.8) is 0 Å². The van der Waals surface area contributed by atoms with Crippen LogP contribution < -0.4 is 16.0 Å². The Morgan fingerprint density at radius 1 is 1.20 bits per heavy atom. The van der Waals surface area contributed by atoms with Gasteiger partial charge in [0.05, 0.1) is 0 Å². The number of amides is 3. The molecule has 1 unspecified atom stereocenters. The van der Waals surface area contributed by atoms with Crippen LogP contribution >= 0.6 is 0 Å². The Morgan fingerprint density at radius 3 is 2.70 bits per heavy atom. The Balaban J connectivity index is 1.38. The molecule has 2 aromatic carbocycles. The van der Waals surface area contributed by atoms with Crippen molar-refractivity contribution >= 4 is 23.3 Å². The van der Waals surface area contributed by atoms with E-state index >= 15 is 0 Å². The van der Waals surface area contributed by atoms with Crippen molar-refractivity contribution in [1.29, 1.82) is 0 Å². The van der Waals surface area contributed by atoms with Gasteiger partial charge in [-0.1, -0.05) is 31.4 Å². The third kappa shape index (κ3) is 4.00. The number of carbonyl (C=O) groups excluding carboxylic acids is 2. The molecule has 0 aromatic heterocycles. The molecule has 30 heavy (non-hydrogen) atoms. The Morgan fingerprint density at radius 2 is 1.97 bits per heavy atom. The molecule has 2 aliphatic heterocycles. The van der Waals surface area contributed by atoms with Gasteiger partial charge in [-0.3, -0.25) is 4.79 Å². The number of piperidine rings is 1. The lowest BCUT2D eigenvalue weighted by Crippen LogP contribution is -2.47. The summed E-state index contributed by atoms with van der Waals surface area (Å²) in [5.41, 5.74) is 5.30. The third-order valence-corrected chi connectivity index (χ3v) is 5.44. The molecule has 7 nitrogen and oxygen atoms in total. The van der Waals surface area contributed by atoms with Crippen molar-refractivity contribution in [3.05, 3.63) is 78.0 Å². The standard InChI is InChI=1S/C23H24N4O3/c1-14-3-10-21(22(29)25-14)27-13-17-11-16(4-9-20(17)15(27)2)12-24-23(30)26-18-5-7-19(28)8-6-18/h4-9,11,21,28H,1-3,10,12-13H2,(H,25,29)(H2,24,26,30). The molecule has 2 aliphatic rings. The number of hydrogen-bond acceptors (Lipinski definition) is 4. The number of aromatic hydroxyl groups is 1. The van der Waals surface area contributed by atoms with E-state index in [2.05, 4.69) is 29.1 Å². The zero-order valence-electron chi connectivity index (χ0n) is 16.6. The van der Waals surface area contributed by atoms with Gasteiger partial charge in [0, 0.05) is 35.7 Å². The van der Waals surface area contributed by atoms with Gasteiger partial charge in [-0.15, -0.1) is 0 Å². The van der Waals surface area contributed by atoms with Crippen molar-refractivity contribution in [2.75, 3.05) is 5.32 Å². The minimum atomic E-state index is -0.327. The summed E-state index contributed by atoms with van der Waals surface area (Å²) in [6.45, 7) is 9.01. The lowest BCUT2D eigenvalue weighted by molar-refractivity contribution is -0.125. The summed E-state index contributed by atoms with van der Waals surface area (Å²) < 4.78 is 0. The number of hydrogen-bond donors (Lipinski definition) is 4. The van der Waals surface area contributed by atoms with Gasteiger partial charge < -0.3 is 26.0 Å². The molecular weight excluding hydrogens is 380 g/mol. The minimum Gasteiger partial charge on any atom is -0.508 e. The Labute approximate surface area is 175 Å². The van der Waals surface area contributed by atoms with Gasteiger partial charge in [0.2, 0.25) is 5.91 Å². The predicted octanol–water partition coefficient (Wildman–Crippen LogP) is 3.29. The maximum Gasteiger partial charge on any atom is 0.319 e. The molecule has 3 amide bonds. The van der Waals surface area contributed by atoms with E-state index in [4.69, 9.17) is 0 Å². The van der Waals surface area contributed by atoms with Crippen LogP contribution in [0.25, 0.3) is 5.70 Å². The second-order valence-corrected chi connectivity index (χ2v) is 7.57. The van der Waals surface area contributed by atoms with E-state index in [1.807, 2.05) is 23.1 Å². The smallest absolute Gasteiger partial charge is 0.319 e. The fraction of sp³-hybridized carbons (Fsp3) is 0.217. The van der Waals surface area contributed by atoms with Crippen LogP contribution in [-0.2, 0) is 17.9 Å². The van der Waals surface area contributed by atoms with E-state index in [1.54, 1.807) is 12.1 Å². The Bertz CT molecular complexity index is 1030. The van der Waals surface area contributed by atoms with E-state index in [1.165, 1.54) is 12.1 Å². The summed E-state index contributed by atoms with van der Waals surface area (Å²) in [6, 6.07) is 11.7. The topological polar surface area (TPSA) is 93.7 Å². The van der Waals surface area contributed by atoms with Crippen LogP contribution in [-0.4, -0.2) is 28.0 Å². The van der Waals surface area contributed by atoms with Crippen molar-refractivity contribution in [2.45, 2.75) is 32.0 Å². The highest BCUT2D eigenvalue weighted by atomic mass is 16.3. The number of nitrogens with zero attached hydrogens (tertiary/aromatic N) is 1. The van der Waals surface area contributed by atoms with Crippen LogP contribution in [0.1, 0.15) is 29.5 Å². The first-order valence-electron chi connectivity index (χ1n) is 9.81. The molecular formula is C23H24N4O3. The van der Waals surface area contributed by atoms with Crippen LogP contribution in [0.3, 0.4) is 0 Å². The molecule has 4 N–H and O–H groups in total. The summed E-state index contributed by atoms with van der Waals surface area (Å²) in [5.74, 6) is 0.110. The molecule has 0 radical (unpaired) electrons. The van der Waals surface area contributed by atoms with E-state index in [-0.39, 0.29) is 23.7 Å². The van der Waals surface area contributed by atoms with Gasteiger partial charge in [-0.2, -0.15) is 0 Å². The second kappa shape index (κ2) is 7.94. The highest BCUT2D eigenvalue weighted by Gasteiger charge is 2.34. The number of benzene rings is 2. The molecule has 1 fully saturated rings. The fourth-order valence-electron chi connectivity index (χ4n) is 3.86. The first kappa shape index (κ1) is 19.6. The minimum absolute atomic E-state index is 0.0343. The van der Waals surface area contributed by atoms with E-state index in [9.17, 15) is 14.7 Å². The maximum absolute atomic E-state index is 12.4. The van der Waals surface area contributed by atoms with Gasteiger partial charge in [0.15, 0.2) is 0 Å². The van der Waals surface area contributed by atoms with Crippen LogP contribution in [0.4, 0.5) is 10.5 Å². The predicted molar refractivity (Wildman–Crippen MR) is 115 cm³/mol. The molecule has 154 valence electrons. The summed E-state index contributed by atoms with van der Waals surface area (Å²) in [6.07, 6.45) is 1.49. The molecule has 0 aliphatic carbocycles. The molecule has 7 heteroatoms. The normalized spacial score (nSPS) is 18.1. The Kier molecular flexibility index (Phi) is 5.18. The van der Waals surface area contributed by atoms with Gasteiger partial charge in [-0.05, 0) is 48.2 Å². The number of allylic oxidation sites excluding steroid dienone is 1. The van der Waals surface area contributed by atoms with Crippen LogP contribution in [0.2, 0.25) is 0 Å². The highest BCUT2D eigenvalue weighted by Crippen LogP contribution is 2.35. The summed E-state index contributed by atoms with van der Waals surface area (Å²) in [4.78, 5) is 26.5. The molecule has 1 saturated heterocycles. The molecule has 0 bridgehead atoms. The number of urea groups is 1.